The van der Waals surface area contributed by atoms with E-state index in [-0.39, 0.29) is 0 Å². The van der Waals surface area contributed by atoms with Crippen LogP contribution in [-0.4, -0.2) is 4.98 Å². The van der Waals surface area contributed by atoms with Gasteiger partial charge >= 0.3 is 0 Å². The summed E-state index contributed by atoms with van der Waals surface area (Å²) in [6.45, 7) is 5.09. The molecule has 0 radical (unpaired) electrons. The summed E-state index contributed by atoms with van der Waals surface area (Å²) >= 11 is 0. The van der Waals surface area contributed by atoms with E-state index in [1.807, 2.05) is 12.1 Å². The molecule has 2 heteroatoms. The van der Waals surface area contributed by atoms with Crippen molar-refractivity contribution in [1.82, 2.24) is 10.3 Å². The van der Waals surface area contributed by atoms with Gasteiger partial charge in [0.05, 0.1) is 11.2 Å². The average Bonchev–Trinajstić information content (AvgIpc) is 2.52. The Morgan fingerprint density at radius 1 is 1.00 bits per heavy atom. The minimum atomic E-state index is 0.318. The van der Waals surface area contributed by atoms with Gasteiger partial charge in [-0.2, -0.15) is 0 Å². The number of nitrogens with one attached hydrogen (secondary N) is 1. The number of hydrogen-bond donors (Lipinski definition) is 1. The first kappa shape index (κ1) is 13.8. The second-order valence-electron chi connectivity index (χ2n) is 5.51. The van der Waals surface area contributed by atoms with Crippen molar-refractivity contribution in [3.63, 3.8) is 0 Å². The molecule has 3 aromatic rings. The molecule has 106 valence electrons. The van der Waals surface area contributed by atoms with E-state index in [4.69, 9.17) is 4.98 Å². The number of pyridine rings is 1. The predicted molar refractivity (Wildman–Crippen MR) is 88.2 cm³/mol. The molecule has 1 N–H and O–H groups in total. The summed E-state index contributed by atoms with van der Waals surface area (Å²) in [5.74, 6) is 0. The van der Waals surface area contributed by atoms with E-state index >= 15 is 0 Å². The normalized spacial score (nSPS) is 12.5. The molecule has 0 bridgehead atoms. The summed E-state index contributed by atoms with van der Waals surface area (Å²) < 4.78 is 0. The molecule has 0 aliphatic rings. The number of para-hydroxylation sites is 1. The van der Waals surface area contributed by atoms with Gasteiger partial charge in [0.1, 0.15) is 0 Å². The second-order valence-corrected chi connectivity index (χ2v) is 5.51. The van der Waals surface area contributed by atoms with Crippen molar-refractivity contribution in [3.05, 3.63) is 77.5 Å². The zero-order valence-electron chi connectivity index (χ0n) is 12.5. The third kappa shape index (κ3) is 3.29. The minimum absolute atomic E-state index is 0.318. The van der Waals surface area contributed by atoms with Crippen molar-refractivity contribution in [2.24, 2.45) is 0 Å². The van der Waals surface area contributed by atoms with Gasteiger partial charge in [-0.05, 0) is 31.5 Å². The summed E-state index contributed by atoms with van der Waals surface area (Å²) in [5.41, 5.74) is 4.74. The lowest BCUT2D eigenvalue weighted by atomic mass is 10.1. The van der Waals surface area contributed by atoms with Crippen LogP contribution in [0.1, 0.15) is 29.8 Å². The average molecular weight is 276 g/mol. The topological polar surface area (TPSA) is 24.9 Å². The van der Waals surface area contributed by atoms with Crippen LogP contribution < -0.4 is 5.32 Å². The fourth-order valence-corrected chi connectivity index (χ4v) is 2.52. The zero-order valence-corrected chi connectivity index (χ0v) is 12.5. The van der Waals surface area contributed by atoms with Crippen molar-refractivity contribution in [2.45, 2.75) is 26.4 Å². The van der Waals surface area contributed by atoms with Gasteiger partial charge in [0.15, 0.2) is 0 Å². The SMILES string of the molecule is Cc1cccc([C@H](C)NCc2ccc3ccccc3n2)c1. The standard InChI is InChI=1S/C19H20N2/c1-14-6-5-8-17(12-14)15(2)20-13-18-11-10-16-7-3-4-9-19(16)21-18/h3-12,15,20H,13H2,1-2H3/t15-/m0/s1. The lowest BCUT2D eigenvalue weighted by Gasteiger charge is -2.14. The van der Waals surface area contributed by atoms with Gasteiger partial charge in [0.25, 0.3) is 0 Å². The predicted octanol–water partition coefficient (Wildman–Crippen LogP) is 4.39. The Kier molecular flexibility index (Phi) is 3.98. The highest BCUT2D eigenvalue weighted by atomic mass is 14.9. The number of hydrogen-bond acceptors (Lipinski definition) is 2. The van der Waals surface area contributed by atoms with Gasteiger partial charge in [-0.25, -0.2) is 0 Å². The summed E-state index contributed by atoms with van der Waals surface area (Å²) in [6, 6.07) is 21.4. The summed E-state index contributed by atoms with van der Waals surface area (Å²) in [4.78, 5) is 4.70. The number of fused-ring (bicyclic) bond motifs is 1. The largest absolute Gasteiger partial charge is 0.305 e. The van der Waals surface area contributed by atoms with Gasteiger partial charge in [0, 0.05) is 18.0 Å². The van der Waals surface area contributed by atoms with E-state index in [9.17, 15) is 0 Å². The van der Waals surface area contributed by atoms with Crippen LogP contribution in [0.2, 0.25) is 0 Å². The Morgan fingerprint density at radius 3 is 2.71 bits per heavy atom. The molecule has 1 heterocycles. The van der Waals surface area contributed by atoms with E-state index in [0.717, 1.165) is 17.8 Å². The molecule has 2 aromatic carbocycles. The van der Waals surface area contributed by atoms with Crippen molar-refractivity contribution in [2.75, 3.05) is 0 Å². The molecular weight excluding hydrogens is 256 g/mol. The molecule has 21 heavy (non-hydrogen) atoms. The first-order valence-electron chi connectivity index (χ1n) is 7.37. The van der Waals surface area contributed by atoms with Crippen LogP contribution in [0, 0.1) is 6.92 Å². The van der Waals surface area contributed by atoms with E-state index < -0.39 is 0 Å². The second kappa shape index (κ2) is 6.06. The molecule has 0 amide bonds. The van der Waals surface area contributed by atoms with Crippen LogP contribution in [0.3, 0.4) is 0 Å². The molecule has 3 rings (SSSR count). The van der Waals surface area contributed by atoms with E-state index in [0.29, 0.717) is 6.04 Å². The molecule has 2 nitrogen and oxygen atoms in total. The van der Waals surface area contributed by atoms with Crippen LogP contribution >= 0.6 is 0 Å². The third-order valence-corrected chi connectivity index (χ3v) is 3.79. The highest BCUT2D eigenvalue weighted by Gasteiger charge is 2.05. The Hall–Kier alpha value is -2.19. The van der Waals surface area contributed by atoms with Crippen LogP contribution in [0.5, 0.6) is 0 Å². The maximum atomic E-state index is 4.70. The molecular formula is C19H20N2. The summed E-state index contributed by atoms with van der Waals surface area (Å²) in [5, 5.41) is 4.73. The molecule has 0 saturated carbocycles. The van der Waals surface area contributed by atoms with Crippen molar-refractivity contribution in [1.29, 1.82) is 0 Å². The third-order valence-electron chi connectivity index (χ3n) is 3.79. The zero-order chi connectivity index (χ0) is 14.7. The molecule has 0 unspecified atom stereocenters. The minimum Gasteiger partial charge on any atom is -0.305 e. The van der Waals surface area contributed by atoms with Gasteiger partial charge in [-0.15, -0.1) is 0 Å². The fourth-order valence-electron chi connectivity index (χ4n) is 2.52. The molecule has 0 spiro atoms. The van der Waals surface area contributed by atoms with Gasteiger partial charge in [-0.1, -0.05) is 54.1 Å². The fraction of sp³-hybridized carbons (Fsp3) is 0.211. The summed E-state index contributed by atoms with van der Waals surface area (Å²) in [6.07, 6.45) is 0. The van der Waals surface area contributed by atoms with Crippen LogP contribution in [0.15, 0.2) is 60.7 Å². The van der Waals surface area contributed by atoms with E-state index in [2.05, 4.69) is 67.7 Å². The quantitative estimate of drug-likeness (QED) is 0.764. The Labute approximate surface area is 125 Å². The lowest BCUT2D eigenvalue weighted by molar-refractivity contribution is 0.568. The molecule has 0 saturated heterocycles. The van der Waals surface area contributed by atoms with E-state index in [1.54, 1.807) is 0 Å². The molecule has 0 fully saturated rings. The number of rotatable bonds is 4. The van der Waals surface area contributed by atoms with Crippen LogP contribution in [0.4, 0.5) is 0 Å². The maximum Gasteiger partial charge on any atom is 0.0705 e. The van der Waals surface area contributed by atoms with Gasteiger partial charge < -0.3 is 5.32 Å². The van der Waals surface area contributed by atoms with Gasteiger partial charge in [0.2, 0.25) is 0 Å². The highest BCUT2D eigenvalue weighted by Crippen LogP contribution is 2.15. The highest BCUT2D eigenvalue weighted by molar-refractivity contribution is 5.78. The monoisotopic (exact) mass is 276 g/mol. The molecule has 1 aromatic heterocycles. The number of benzene rings is 2. The first-order valence-corrected chi connectivity index (χ1v) is 7.37. The molecule has 0 aliphatic heterocycles. The number of aromatic nitrogens is 1. The number of aryl methyl sites for hydroxylation is 1. The van der Waals surface area contributed by atoms with Crippen molar-refractivity contribution >= 4 is 10.9 Å². The Morgan fingerprint density at radius 2 is 1.86 bits per heavy atom. The Balaban J connectivity index is 1.71. The first-order chi connectivity index (χ1) is 10.2. The number of nitrogens with zero attached hydrogens (tertiary/aromatic N) is 1. The van der Waals surface area contributed by atoms with E-state index in [1.165, 1.54) is 16.5 Å². The Bertz CT molecular complexity index is 749. The smallest absolute Gasteiger partial charge is 0.0705 e. The van der Waals surface area contributed by atoms with Gasteiger partial charge in [-0.3, -0.25) is 4.98 Å². The summed E-state index contributed by atoms with van der Waals surface area (Å²) in [7, 11) is 0. The maximum absolute atomic E-state index is 4.70. The van der Waals surface area contributed by atoms with Crippen LogP contribution in [0.25, 0.3) is 10.9 Å². The van der Waals surface area contributed by atoms with Crippen LogP contribution in [-0.2, 0) is 6.54 Å². The molecule has 1 atom stereocenters. The van der Waals surface area contributed by atoms with Crippen molar-refractivity contribution < 1.29 is 0 Å². The molecule has 0 aliphatic carbocycles. The van der Waals surface area contributed by atoms with Crippen molar-refractivity contribution in [3.8, 4) is 0 Å². The lowest BCUT2D eigenvalue weighted by Crippen LogP contribution is -2.18.